The van der Waals surface area contributed by atoms with Gasteiger partial charge in [-0.15, -0.1) is 0 Å². The van der Waals surface area contributed by atoms with Crippen molar-refractivity contribution in [3.63, 3.8) is 0 Å². The lowest BCUT2D eigenvalue weighted by atomic mass is 10.0. The fourth-order valence-corrected chi connectivity index (χ4v) is 4.35. The van der Waals surface area contributed by atoms with Gasteiger partial charge in [-0.3, -0.25) is 4.90 Å². The Morgan fingerprint density at radius 2 is 1.34 bits per heavy atom. The molecule has 0 fully saturated rings. The molecule has 0 spiro atoms. The van der Waals surface area contributed by atoms with Crippen molar-refractivity contribution in [2.75, 3.05) is 25.5 Å². The lowest BCUT2D eigenvalue weighted by Crippen LogP contribution is -2.44. The molecule has 4 aromatic rings. The maximum atomic E-state index is 10.9. The van der Waals surface area contributed by atoms with E-state index in [0.29, 0.717) is 43.3 Å². The zero-order valence-corrected chi connectivity index (χ0v) is 21.5. The minimum atomic E-state index is -0.765. The van der Waals surface area contributed by atoms with Crippen LogP contribution in [-0.2, 0) is 19.6 Å². The fraction of sp³-hybridized carbons (Fsp3) is 0.250. The van der Waals surface area contributed by atoms with E-state index < -0.39 is 6.10 Å². The van der Waals surface area contributed by atoms with Crippen LogP contribution in [0.3, 0.4) is 0 Å². The van der Waals surface area contributed by atoms with Crippen LogP contribution in [0.2, 0.25) is 0 Å². The van der Waals surface area contributed by atoms with Gasteiger partial charge in [0.25, 0.3) is 0 Å². The van der Waals surface area contributed by atoms with E-state index in [1.165, 1.54) is 0 Å². The van der Waals surface area contributed by atoms with Gasteiger partial charge in [-0.2, -0.15) is 0 Å². The van der Waals surface area contributed by atoms with Crippen molar-refractivity contribution in [2.45, 2.75) is 31.7 Å². The van der Waals surface area contributed by atoms with Crippen molar-refractivity contribution in [2.24, 2.45) is 0 Å². The molecule has 0 aliphatic carbocycles. The van der Waals surface area contributed by atoms with Gasteiger partial charge in [-0.1, -0.05) is 91.0 Å². The summed E-state index contributed by atoms with van der Waals surface area (Å²) in [7, 11) is 0. The summed E-state index contributed by atoms with van der Waals surface area (Å²) in [6.45, 7) is 1.46. The number of nitrogen functional groups attached to an aromatic ring is 1. The van der Waals surface area contributed by atoms with E-state index in [4.69, 9.17) is 15.2 Å². The highest BCUT2D eigenvalue weighted by Gasteiger charge is 2.22. The monoisotopic (exact) mass is 512 g/mol. The highest BCUT2D eigenvalue weighted by atomic mass is 16.5. The lowest BCUT2D eigenvalue weighted by molar-refractivity contribution is 0.0335. The smallest absolute Gasteiger partial charge is 0.142 e. The molecular formula is C32H36N2O4. The molecule has 0 amide bonds. The Morgan fingerprint density at radius 1 is 0.737 bits per heavy atom. The first kappa shape index (κ1) is 27.2. The van der Waals surface area contributed by atoms with E-state index >= 15 is 0 Å². The molecule has 0 saturated carbocycles. The molecule has 6 nitrogen and oxygen atoms in total. The van der Waals surface area contributed by atoms with Crippen LogP contribution in [0.1, 0.15) is 16.7 Å². The van der Waals surface area contributed by atoms with Crippen molar-refractivity contribution in [3.05, 3.63) is 126 Å². The van der Waals surface area contributed by atoms with Gasteiger partial charge >= 0.3 is 0 Å². The molecule has 4 N–H and O–H groups in total. The lowest BCUT2D eigenvalue weighted by Gasteiger charge is -2.32. The molecular weight excluding hydrogens is 476 g/mol. The Kier molecular flexibility index (Phi) is 10.2. The van der Waals surface area contributed by atoms with Gasteiger partial charge in [0.2, 0.25) is 0 Å². The van der Waals surface area contributed by atoms with Crippen molar-refractivity contribution >= 4 is 5.69 Å². The number of ether oxygens (including phenoxy) is 2. The van der Waals surface area contributed by atoms with E-state index in [1.807, 2.05) is 66.7 Å². The number of benzene rings is 4. The second-order valence-electron chi connectivity index (χ2n) is 9.38. The zero-order valence-electron chi connectivity index (χ0n) is 21.5. The molecule has 38 heavy (non-hydrogen) atoms. The van der Waals surface area contributed by atoms with E-state index in [1.54, 1.807) is 18.2 Å². The molecule has 4 aromatic carbocycles. The van der Waals surface area contributed by atoms with Gasteiger partial charge in [0, 0.05) is 25.2 Å². The van der Waals surface area contributed by atoms with Gasteiger partial charge in [-0.25, -0.2) is 0 Å². The average molecular weight is 513 g/mol. The third-order valence-electron chi connectivity index (χ3n) is 6.38. The van der Waals surface area contributed by atoms with Crippen LogP contribution in [0.25, 0.3) is 0 Å². The maximum Gasteiger partial charge on any atom is 0.142 e. The van der Waals surface area contributed by atoms with Gasteiger partial charge in [0.1, 0.15) is 30.8 Å². The van der Waals surface area contributed by atoms with Crippen LogP contribution in [0.15, 0.2) is 109 Å². The third kappa shape index (κ3) is 8.35. The summed E-state index contributed by atoms with van der Waals surface area (Å²) >= 11 is 0. The minimum Gasteiger partial charge on any atom is -0.491 e. The fourth-order valence-electron chi connectivity index (χ4n) is 4.35. The minimum absolute atomic E-state index is 0.0176. The predicted molar refractivity (Wildman–Crippen MR) is 151 cm³/mol. The molecule has 0 heterocycles. The SMILES string of the molecule is Nc1cc(OC[C@@H](O)CN(Cc2ccccc2)[C@H](CO)Cc2ccccc2)ccc1OCc1ccccc1. The van der Waals surface area contributed by atoms with Crippen molar-refractivity contribution in [1.29, 1.82) is 0 Å². The Bertz CT molecular complexity index is 1220. The molecule has 6 heteroatoms. The van der Waals surface area contributed by atoms with Crippen molar-refractivity contribution < 1.29 is 19.7 Å². The number of hydrogen-bond donors (Lipinski definition) is 3. The van der Waals surface area contributed by atoms with Gasteiger partial charge in [0.15, 0.2) is 0 Å². The summed E-state index contributed by atoms with van der Waals surface area (Å²) in [4.78, 5) is 2.12. The standard InChI is InChI=1S/C32H36N2O4/c33-31-19-30(16-17-32(31)38-23-27-14-8-3-9-15-27)37-24-29(36)21-34(20-26-12-6-2-7-13-26)28(22-35)18-25-10-4-1-5-11-25/h1-17,19,28-29,35-36H,18,20-24,33H2/t28-,29-/m0/s1. The number of aliphatic hydroxyl groups is 2. The molecule has 0 bridgehead atoms. The Balaban J connectivity index is 1.35. The molecule has 0 aliphatic rings. The quantitative estimate of drug-likeness (QED) is 0.213. The average Bonchev–Trinajstić information content (AvgIpc) is 2.95. The van der Waals surface area contributed by atoms with Gasteiger partial charge in [-0.05, 0) is 35.2 Å². The molecule has 0 aliphatic heterocycles. The van der Waals surface area contributed by atoms with Crippen molar-refractivity contribution in [1.82, 2.24) is 4.90 Å². The highest BCUT2D eigenvalue weighted by Crippen LogP contribution is 2.27. The van der Waals surface area contributed by atoms with Crippen LogP contribution in [0.5, 0.6) is 11.5 Å². The Labute approximate surface area is 224 Å². The summed E-state index contributed by atoms with van der Waals surface area (Å²) in [5.41, 5.74) is 9.98. The third-order valence-corrected chi connectivity index (χ3v) is 6.38. The van der Waals surface area contributed by atoms with E-state index in [-0.39, 0.29) is 19.3 Å². The Hall–Kier alpha value is -3.84. The summed E-state index contributed by atoms with van der Waals surface area (Å²) in [5, 5.41) is 21.1. The highest BCUT2D eigenvalue weighted by molar-refractivity contribution is 5.56. The van der Waals surface area contributed by atoms with Gasteiger partial charge in [0.05, 0.1) is 12.3 Å². The van der Waals surface area contributed by atoms with Crippen LogP contribution < -0.4 is 15.2 Å². The molecule has 4 rings (SSSR count). The largest absolute Gasteiger partial charge is 0.491 e. The van der Waals surface area contributed by atoms with Crippen LogP contribution in [0, 0.1) is 0 Å². The predicted octanol–water partition coefficient (Wildman–Crippen LogP) is 4.69. The second kappa shape index (κ2) is 14.2. The molecule has 198 valence electrons. The van der Waals surface area contributed by atoms with Crippen LogP contribution in [0.4, 0.5) is 5.69 Å². The number of anilines is 1. The zero-order chi connectivity index (χ0) is 26.6. The van der Waals surface area contributed by atoms with Crippen molar-refractivity contribution in [3.8, 4) is 11.5 Å². The second-order valence-corrected chi connectivity index (χ2v) is 9.38. The topological polar surface area (TPSA) is 88.2 Å². The first-order valence-electron chi connectivity index (χ1n) is 12.9. The number of nitrogens with zero attached hydrogens (tertiary/aromatic N) is 1. The maximum absolute atomic E-state index is 10.9. The number of aliphatic hydroxyl groups excluding tert-OH is 2. The van der Waals surface area contributed by atoms with Crippen LogP contribution in [-0.4, -0.2) is 47.0 Å². The summed E-state index contributed by atoms with van der Waals surface area (Å²) in [5.74, 6) is 1.15. The van der Waals surface area contributed by atoms with E-state index in [0.717, 1.165) is 16.7 Å². The first-order chi connectivity index (χ1) is 18.6. The molecule has 0 saturated heterocycles. The van der Waals surface area contributed by atoms with E-state index in [9.17, 15) is 10.2 Å². The molecule has 0 aromatic heterocycles. The Morgan fingerprint density at radius 3 is 1.95 bits per heavy atom. The number of rotatable bonds is 14. The molecule has 0 radical (unpaired) electrons. The van der Waals surface area contributed by atoms with E-state index in [2.05, 4.69) is 29.2 Å². The van der Waals surface area contributed by atoms with Crippen LogP contribution >= 0.6 is 0 Å². The van der Waals surface area contributed by atoms with Gasteiger partial charge < -0.3 is 25.4 Å². The number of hydrogen-bond acceptors (Lipinski definition) is 6. The number of nitrogens with two attached hydrogens (primary N) is 1. The molecule has 2 atom stereocenters. The normalized spacial score (nSPS) is 12.7. The summed E-state index contributed by atoms with van der Waals surface area (Å²) < 4.78 is 11.7. The summed E-state index contributed by atoms with van der Waals surface area (Å²) in [6.07, 6.45) is -0.0857. The first-order valence-corrected chi connectivity index (χ1v) is 12.9. The molecule has 0 unspecified atom stereocenters. The summed E-state index contributed by atoms with van der Waals surface area (Å²) in [6, 6.07) is 35.2.